The van der Waals surface area contributed by atoms with E-state index in [4.69, 9.17) is 9.47 Å². The zero-order valence-corrected chi connectivity index (χ0v) is 16.6. The van der Waals surface area contributed by atoms with Gasteiger partial charge in [0, 0.05) is 44.2 Å². The number of anilines is 1. The molecule has 0 atom stereocenters. The Kier molecular flexibility index (Phi) is 6.18. The smallest absolute Gasteiger partial charge is 0.238 e. The number of fused-ring (bicyclic) bond motifs is 1. The molecular weight excluding hydrogens is 362 g/mol. The summed E-state index contributed by atoms with van der Waals surface area (Å²) in [7, 11) is 0. The predicted molar refractivity (Wildman–Crippen MR) is 104 cm³/mol. The minimum absolute atomic E-state index is 0.101. The van der Waals surface area contributed by atoms with Gasteiger partial charge in [-0.1, -0.05) is 13.8 Å². The standard InChI is InChI=1S/C20H27N3O5/c1-13(2)8-20(26)23-6-4-22(5-7-23)11-19(25)21-16-10-18-17(27-12-28-18)9-15(16)14(3)24/h9-10,13H,4-8,11-12H2,1-3H3,(H,21,25). The first-order valence-corrected chi connectivity index (χ1v) is 9.58. The lowest BCUT2D eigenvalue weighted by molar-refractivity contribution is -0.133. The Morgan fingerprint density at radius 1 is 1.07 bits per heavy atom. The molecule has 0 saturated carbocycles. The van der Waals surface area contributed by atoms with Crippen molar-refractivity contribution < 1.29 is 23.9 Å². The summed E-state index contributed by atoms with van der Waals surface area (Å²) in [5.41, 5.74) is 0.814. The largest absolute Gasteiger partial charge is 0.454 e. The maximum absolute atomic E-state index is 12.5. The first-order valence-electron chi connectivity index (χ1n) is 9.58. The second-order valence-electron chi connectivity index (χ2n) is 7.61. The van der Waals surface area contributed by atoms with Gasteiger partial charge in [0.2, 0.25) is 18.6 Å². The van der Waals surface area contributed by atoms with E-state index in [1.807, 2.05) is 23.6 Å². The third-order valence-electron chi connectivity index (χ3n) is 4.84. The van der Waals surface area contributed by atoms with Crippen LogP contribution in [0.5, 0.6) is 11.5 Å². The van der Waals surface area contributed by atoms with Gasteiger partial charge < -0.3 is 19.7 Å². The first kappa shape index (κ1) is 20.1. The Hall–Kier alpha value is -2.61. The first-order chi connectivity index (χ1) is 13.3. The Labute approximate surface area is 164 Å². The second kappa shape index (κ2) is 8.60. The van der Waals surface area contributed by atoms with Crippen molar-refractivity contribution in [2.45, 2.75) is 27.2 Å². The fraction of sp³-hybridized carbons (Fsp3) is 0.550. The quantitative estimate of drug-likeness (QED) is 0.746. The number of carbonyl (C=O) groups is 3. The molecule has 3 rings (SSSR count). The molecular formula is C20H27N3O5. The van der Waals surface area contributed by atoms with E-state index in [1.54, 1.807) is 12.1 Å². The Morgan fingerprint density at radius 2 is 1.71 bits per heavy atom. The van der Waals surface area contributed by atoms with Crippen LogP contribution in [0, 0.1) is 5.92 Å². The summed E-state index contributed by atoms with van der Waals surface area (Å²) in [5, 5.41) is 2.81. The second-order valence-corrected chi connectivity index (χ2v) is 7.61. The number of nitrogens with zero attached hydrogens (tertiary/aromatic N) is 2. The molecule has 0 aromatic heterocycles. The van der Waals surface area contributed by atoms with Crippen LogP contribution in [0.25, 0.3) is 0 Å². The number of ketones is 1. The number of benzene rings is 1. The molecule has 2 amide bonds. The van der Waals surface area contributed by atoms with Crippen molar-refractivity contribution in [3.63, 3.8) is 0 Å². The summed E-state index contributed by atoms with van der Waals surface area (Å²) in [6.07, 6.45) is 0.554. The Bertz CT molecular complexity index is 769. The van der Waals surface area contributed by atoms with Gasteiger partial charge in [-0.25, -0.2) is 0 Å². The van der Waals surface area contributed by atoms with E-state index in [-0.39, 0.29) is 30.9 Å². The molecule has 28 heavy (non-hydrogen) atoms. The lowest BCUT2D eigenvalue weighted by Gasteiger charge is -2.34. The van der Waals surface area contributed by atoms with Crippen molar-refractivity contribution in [1.82, 2.24) is 9.80 Å². The van der Waals surface area contributed by atoms with Crippen LogP contribution in [0.2, 0.25) is 0 Å². The minimum Gasteiger partial charge on any atom is -0.454 e. The third kappa shape index (κ3) is 4.81. The number of nitrogens with one attached hydrogen (secondary N) is 1. The molecule has 8 nitrogen and oxygen atoms in total. The van der Waals surface area contributed by atoms with Crippen LogP contribution in [0.1, 0.15) is 37.6 Å². The highest BCUT2D eigenvalue weighted by Gasteiger charge is 2.24. The maximum atomic E-state index is 12.5. The minimum atomic E-state index is -0.205. The molecule has 1 aromatic carbocycles. The van der Waals surface area contributed by atoms with Crippen LogP contribution in [-0.2, 0) is 9.59 Å². The highest BCUT2D eigenvalue weighted by atomic mass is 16.7. The fourth-order valence-corrected chi connectivity index (χ4v) is 3.36. The van der Waals surface area contributed by atoms with Crippen molar-refractivity contribution in [2.75, 3.05) is 44.8 Å². The number of piperazine rings is 1. The normalized spacial score (nSPS) is 16.4. The molecule has 1 saturated heterocycles. The van der Waals surface area contributed by atoms with E-state index in [0.717, 1.165) is 0 Å². The summed E-state index contributed by atoms with van der Waals surface area (Å²) >= 11 is 0. The molecule has 0 bridgehead atoms. The number of amides is 2. The summed E-state index contributed by atoms with van der Waals surface area (Å²) in [4.78, 5) is 40.4. The van der Waals surface area contributed by atoms with E-state index in [1.165, 1.54) is 6.92 Å². The van der Waals surface area contributed by atoms with Gasteiger partial charge in [-0.2, -0.15) is 0 Å². The average Bonchev–Trinajstić information content (AvgIpc) is 3.08. The number of Topliss-reactive ketones (excluding diaryl/α,β-unsaturated/α-hetero) is 1. The predicted octanol–water partition coefficient (Wildman–Crippen LogP) is 1.75. The average molecular weight is 389 g/mol. The van der Waals surface area contributed by atoms with Crippen LogP contribution in [0.15, 0.2) is 12.1 Å². The number of hydrogen-bond donors (Lipinski definition) is 1. The molecule has 2 aliphatic heterocycles. The monoisotopic (exact) mass is 389 g/mol. The zero-order chi connectivity index (χ0) is 20.3. The van der Waals surface area contributed by atoms with Crippen LogP contribution in [0.3, 0.4) is 0 Å². The number of hydrogen-bond acceptors (Lipinski definition) is 6. The molecule has 1 aromatic rings. The van der Waals surface area contributed by atoms with E-state index < -0.39 is 0 Å². The van der Waals surface area contributed by atoms with Gasteiger partial charge >= 0.3 is 0 Å². The van der Waals surface area contributed by atoms with Gasteiger partial charge in [-0.3, -0.25) is 19.3 Å². The zero-order valence-electron chi connectivity index (χ0n) is 16.6. The van der Waals surface area contributed by atoms with Crippen molar-refractivity contribution >= 4 is 23.3 Å². The fourth-order valence-electron chi connectivity index (χ4n) is 3.36. The van der Waals surface area contributed by atoms with Crippen LogP contribution >= 0.6 is 0 Å². The lowest BCUT2D eigenvalue weighted by atomic mass is 10.1. The van der Waals surface area contributed by atoms with Crippen molar-refractivity contribution in [3.05, 3.63) is 17.7 Å². The van der Waals surface area contributed by atoms with Crippen LogP contribution in [0.4, 0.5) is 5.69 Å². The van der Waals surface area contributed by atoms with Crippen molar-refractivity contribution in [3.8, 4) is 11.5 Å². The van der Waals surface area contributed by atoms with Crippen molar-refractivity contribution in [1.29, 1.82) is 0 Å². The highest BCUT2D eigenvalue weighted by Crippen LogP contribution is 2.37. The Morgan fingerprint density at radius 3 is 2.32 bits per heavy atom. The van der Waals surface area contributed by atoms with Gasteiger partial charge in [0.05, 0.1) is 12.2 Å². The summed E-state index contributed by atoms with van der Waals surface area (Å²) < 4.78 is 10.6. The van der Waals surface area contributed by atoms with E-state index in [2.05, 4.69) is 5.32 Å². The van der Waals surface area contributed by atoms with E-state index in [9.17, 15) is 14.4 Å². The molecule has 1 N–H and O–H groups in total. The van der Waals surface area contributed by atoms with Gasteiger partial charge in [-0.05, 0) is 18.9 Å². The molecule has 2 heterocycles. The molecule has 1 fully saturated rings. The SMILES string of the molecule is CC(=O)c1cc2c(cc1NC(=O)CN1CCN(C(=O)CC(C)C)CC1)OCO2. The summed E-state index contributed by atoms with van der Waals surface area (Å²) in [6, 6.07) is 3.22. The van der Waals surface area contributed by atoms with E-state index >= 15 is 0 Å². The van der Waals surface area contributed by atoms with Crippen LogP contribution < -0.4 is 14.8 Å². The molecule has 152 valence electrons. The molecule has 0 spiro atoms. The van der Waals surface area contributed by atoms with Gasteiger partial charge in [-0.15, -0.1) is 0 Å². The Balaban J connectivity index is 1.56. The molecule has 2 aliphatic rings. The van der Waals surface area contributed by atoms with Crippen molar-refractivity contribution in [2.24, 2.45) is 5.92 Å². The molecule has 0 unspecified atom stereocenters. The lowest BCUT2D eigenvalue weighted by Crippen LogP contribution is -2.50. The highest BCUT2D eigenvalue weighted by molar-refractivity contribution is 6.05. The number of ether oxygens (including phenoxy) is 2. The molecule has 8 heteroatoms. The third-order valence-corrected chi connectivity index (χ3v) is 4.84. The number of carbonyl (C=O) groups excluding carboxylic acids is 3. The molecule has 0 radical (unpaired) electrons. The van der Waals surface area contributed by atoms with Gasteiger partial charge in [0.1, 0.15) is 0 Å². The topological polar surface area (TPSA) is 88.2 Å². The van der Waals surface area contributed by atoms with Crippen LogP contribution in [-0.4, -0.2) is 66.9 Å². The molecule has 0 aliphatic carbocycles. The van der Waals surface area contributed by atoms with E-state index in [0.29, 0.717) is 61.3 Å². The number of rotatable bonds is 6. The van der Waals surface area contributed by atoms with Gasteiger partial charge in [0.15, 0.2) is 17.3 Å². The summed E-state index contributed by atoms with van der Waals surface area (Å²) in [6.45, 7) is 8.37. The maximum Gasteiger partial charge on any atom is 0.238 e. The summed E-state index contributed by atoms with van der Waals surface area (Å²) in [5.74, 6) is 1.16. The van der Waals surface area contributed by atoms with Gasteiger partial charge in [0.25, 0.3) is 0 Å².